The van der Waals surface area contributed by atoms with Gasteiger partial charge in [0.15, 0.2) is 0 Å². The third-order valence-electron chi connectivity index (χ3n) is 4.29. The lowest BCUT2D eigenvalue weighted by Gasteiger charge is -2.17. The largest absolute Gasteiger partial charge is 0.466 e. The predicted octanol–water partition coefficient (Wildman–Crippen LogP) is 1.52. The molecule has 0 saturated heterocycles. The van der Waals surface area contributed by atoms with Crippen LogP contribution in [0, 0.1) is 0 Å². The minimum atomic E-state index is -1.05. The Bertz CT molecular complexity index is 891. The van der Waals surface area contributed by atoms with Crippen molar-refractivity contribution >= 4 is 35.2 Å². The van der Waals surface area contributed by atoms with Crippen molar-refractivity contribution in [2.45, 2.75) is 46.6 Å². The SMILES string of the molecule is CCOC(=O)CCC(NC(=O)CNC(=O)/C(C(C)=Nc1ccccc1)=C(\C)N)C(=O)OCC. The van der Waals surface area contributed by atoms with E-state index in [1.54, 1.807) is 39.8 Å². The molecule has 0 aliphatic heterocycles. The number of ether oxygens (including phenoxy) is 2. The van der Waals surface area contributed by atoms with Gasteiger partial charge < -0.3 is 25.8 Å². The molecule has 0 aromatic heterocycles. The monoisotopic (exact) mass is 460 g/mol. The van der Waals surface area contributed by atoms with E-state index in [1.807, 2.05) is 18.2 Å². The predicted molar refractivity (Wildman–Crippen MR) is 124 cm³/mol. The molecule has 0 heterocycles. The highest BCUT2D eigenvalue weighted by Gasteiger charge is 2.24. The lowest BCUT2D eigenvalue weighted by molar-refractivity contribution is -0.148. The van der Waals surface area contributed by atoms with Gasteiger partial charge in [0.1, 0.15) is 6.04 Å². The summed E-state index contributed by atoms with van der Waals surface area (Å²) in [6.07, 6.45) is -0.0639. The Morgan fingerprint density at radius 3 is 2.24 bits per heavy atom. The van der Waals surface area contributed by atoms with E-state index in [2.05, 4.69) is 15.6 Å². The molecule has 1 unspecified atom stereocenters. The van der Waals surface area contributed by atoms with Gasteiger partial charge in [-0.3, -0.25) is 19.4 Å². The van der Waals surface area contributed by atoms with Crippen molar-refractivity contribution in [3.8, 4) is 0 Å². The van der Waals surface area contributed by atoms with Crippen molar-refractivity contribution in [3.63, 3.8) is 0 Å². The summed E-state index contributed by atoms with van der Waals surface area (Å²) in [5, 5.41) is 4.96. The van der Waals surface area contributed by atoms with E-state index in [0.29, 0.717) is 11.4 Å². The first-order valence-electron chi connectivity index (χ1n) is 10.7. The number of rotatable bonds is 12. The van der Waals surface area contributed by atoms with E-state index in [4.69, 9.17) is 15.2 Å². The topological polar surface area (TPSA) is 149 Å². The summed E-state index contributed by atoms with van der Waals surface area (Å²) in [5.74, 6) is -2.38. The van der Waals surface area contributed by atoms with E-state index in [1.165, 1.54) is 0 Å². The minimum absolute atomic E-state index is 0.00720. The smallest absolute Gasteiger partial charge is 0.328 e. The molecule has 1 atom stereocenters. The molecule has 4 N–H and O–H groups in total. The van der Waals surface area contributed by atoms with Gasteiger partial charge in [-0.15, -0.1) is 0 Å². The molecular formula is C23H32N4O6. The lowest BCUT2D eigenvalue weighted by Crippen LogP contribution is -2.47. The number of benzene rings is 1. The molecule has 0 spiro atoms. The molecule has 0 saturated carbocycles. The van der Waals surface area contributed by atoms with Crippen LogP contribution in [-0.2, 0) is 28.7 Å². The van der Waals surface area contributed by atoms with E-state index in [-0.39, 0.29) is 37.3 Å². The zero-order valence-electron chi connectivity index (χ0n) is 19.5. The first-order chi connectivity index (χ1) is 15.7. The third kappa shape index (κ3) is 9.98. The van der Waals surface area contributed by atoms with Crippen molar-refractivity contribution in [1.82, 2.24) is 10.6 Å². The average Bonchev–Trinajstić information content (AvgIpc) is 2.76. The Labute approximate surface area is 193 Å². The number of carbonyl (C=O) groups is 4. The van der Waals surface area contributed by atoms with Gasteiger partial charge in [-0.1, -0.05) is 18.2 Å². The van der Waals surface area contributed by atoms with Gasteiger partial charge in [0.25, 0.3) is 5.91 Å². The number of nitrogens with zero attached hydrogens (tertiary/aromatic N) is 1. The van der Waals surface area contributed by atoms with Crippen LogP contribution in [0.15, 0.2) is 46.6 Å². The van der Waals surface area contributed by atoms with E-state index >= 15 is 0 Å². The number of nitrogens with two attached hydrogens (primary N) is 1. The van der Waals surface area contributed by atoms with Gasteiger partial charge in [-0.05, 0) is 46.2 Å². The Morgan fingerprint density at radius 1 is 1.03 bits per heavy atom. The third-order valence-corrected chi connectivity index (χ3v) is 4.29. The summed E-state index contributed by atoms with van der Waals surface area (Å²) >= 11 is 0. The minimum Gasteiger partial charge on any atom is -0.466 e. The number of esters is 2. The highest BCUT2D eigenvalue weighted by Crippen LogP contribution is 2.14. The summed E-state index contributed by atoms with van der Waals surface area (Å²) in [4.78, 5) is 53.1. The van der Waals surface area contributed by atoms with Gasteiger partial charge in [0, 0.05) is 12.1 Å². The normalized spacial score (nSPS) is 12.8. The number of aliphatic imine (C=N–C) groups is 1. The molecule has 0 aliphatic rings. The Kier molecular flexibility index (Phi) is 11.9. The van der Waals surface area contributed by atoms with E-state index < -0.39 is 36.3 Å². The summed E-state index contributed by atoms with van der Waals surface area (Å²) in [6.45, 7) is 6.42. The number of hydrogen-bond acceptors (Lipinski definition) is 8. The van der Waals surface area contributed by atoms with Crippen LogP contribution in [0.5, 0.6) is 0 Å². The highest BCUT2D eigenvalue weighted by molar-refractivity contribution is 6.22. The van der Waals surface area contributed by atoms with Crippen molar-refractivity contribution in [2.75, 3.05) is 19.8 Å². The van der Waals surface area contributed by atoms with Crippen molar-refractivity contribution < 1.29 is 28.7 Å². The zero-order chi connectivity index (χ0) is 24.8. The second-order valence-corrected chi connectivity index (χ2v) is 6.99. The summed E-state index contributed by atoms with van der Waals surface area (Å²) in [5.41, 5.74) is 7.30. The van der Waals surface area contributed by atoms with Gasteiger partial charge in [0.05, 0.1) is 36.7 Å². The standard InChI is InChI=1S/C23H32N4O6/c1-5-32-20(29)13-12-18(23(31)33-6-2)27-19(28)14-25-22(30)21(15(3)24)16(4)26-17-10-8-7-9-11-17/h7-11,18H,5-6,12-14,24H2,1-4H3,(H,25,30)(H,27,28)/b21-15+,26-16?. The fourth-order valence-electron chi connectivity index (χ4n) is 2.86. The fraction of sp³-hybridized carbons (Fsp3) is 0.435. The lowest BCUT2D eigenvalue weighted by atomic mass is 10.1. The first kappa shape index (κ1) is 27.3. The molecule has 0 radical (unpaired) electrons. The second kappa shape index (κ2) is 14.4. The number of carbonyl (C=O) groups excluding carboxylic acids is 4. The number of para-hydroxylation sites is 1. The highest BCUT2D eigenvalue weighted by atomic mass is 16.5. The van der Waals surface area contributed by atoms with E-state index in [0.717, 1.165) is 0 Å². The summed E-state index contributed by atoms with van der Waals surface area (Å²) in [7, 11) is 0. The van der Waals surface area contributed by atoms with Gasteiger partial charge in [-0.2, -0.15) is 0 Å². The maximum absolute atomic E-state index is 12.7. The fourth-order valence-corrected chi connectivity index (χ4v) is 2.86. The molecule has 1 rings (SSSR count). The van der Waals surface area contributed by atoms with Crippen LogP contribution in [-0.4, -0.2) is 55.3 Å². The molecule has 0 fully saturated rings. The Balaban J connectivity index is 2.78. The molecule has 1 aromatic carbocycles. The van der Waals surface area contributed by atoms with Gasteiger partial charge in [0.2, 0.25) is 5.91 Å². The maximum atomic E-state index is 12.7. The molecule has 10 nitrogen and oxygen atoms in total. The average molecular weight is 461 g/mol. The molecule has 2 amide bonds. The van der Waals surface area contributed by atoms with Crippen LogP contribution in [0.25, 0.3) is 0 Å². The maximum Gasteiger partial charge on any atom is 0.328 e. The summed E-state index contributed by atoms with van der Waals surface area (Å²) in [6, 6.07) is 8.00. The molecular weight excluding hydrogens is 428 g/mol. The van der Waals surface area contributed by atoms with E-state index in [9.17, 15) is 19.2 Å². The van der Waals surface area contributed by atoms with Crippen molar-refractivity contribution in [1.29, 1.82) is 0 Å². The van der Waals surface area contributed by atoms with Gasteiger partial charge in [-0.25, -0.2) is 4.79 Å². The second-order valence-electron chi connectivity index (χ2n) is 6.99. The number of nitrogens with one attached hydrogen (secondary N) is 2. The van der Waals surface area contributed by atoms with Crippen molar-refractivity contribution in [2.24, 2.45) is 10.7 Å². The van der Waals surface area contributed by atoms with Crippen LogP contribution in [0.1, 0.15) is 40.5 Å². The van der Waals surface area contributed by atoms with Crippen molar-refractivity contribution in [3.05, 3.63) is 41.6 Å². The number of amides is 2. The molecule has 1 aromatic rings. The quantitative estimate of drug-likeness (QED) is 0.243. The number of hydrogen-bond donors (Lipinski definition) is 3. The van der Waals surface area contributed by atoms with Crippen LogP contribution >= 0.6 is 0 Å². The molecule has 33 heavy (non-hydrogen) atoms. The van der Waals surface area contributed by atoms with Crippen LogP contribution in [0.3, 0.4) is 0 Å². The van der Waals surface area contributed by atoms with Crippen LogP contribution in [0.4, 0.5) is 5.69 Å². The first-order valence-corrected chi connectivity index (χ1v) is 10.7. The Hall–Kier alpha value is -3.69. The summed E-state index contributed by atoms with van der Waals surface area (Å²) < 4.78 is 9.79. The van der Waals surface area contributed by atoms with Crippen LogP contribution < -0.4 is 16.4 Å². The van der Waals surface area contributed by atoms with Gasteiger partial charge >= 0.3 is 11.9 Å². The Morgan fingerprint density at radius 2 is 1.67 bits per heavy atom. The zero-order valence-corrected chi connectivity index (χ0v) is 19.5. The van der Waals surface area contributed by atoms with Crippen LogP contribution in [0.2, 0.25) is 0 Å². The molecule has 0 bridgehead atoms. The molecule has 10 heteroatoms. The molecule has 0 aliphatic carbocycles. The number of allylic oxidation sites excluding steroid dienone is 1. The molecule has 180 valence electrons.